The molecule has 200 valence electrons. The van der Waals surface area contributed by atoms with Gasteiger partial charge >= 0.3 is 5.97 Å². The van der Waals surface area contributed by atoms with Crippen LogP contribution >= 0.6 is 11.3 Å². The fourth-order valence-electron chi connectivity index (χ4n) is 4.23. The first-order valence-corrected chi connectivity index (χ1v) is 13.5. The Morgan fingerprint density at radius 2 is 1.87 bits per heavy atom. The lowest BCUT2D eigenvalue weighted by molar-refractivity contribution is -0.136. The van der Waals surface area contributed by atoms with E-state index in [0.717, 1.165) is 56.9 Å². The number of fused-ring (bicyclic) bond motifs is 1. The SMILES string of the molecule is CCCc1cc(-c2nc(C)c(C(=O)N(C)C)s2)ccc1OCCCOc1ccc2[nH]cc(CC(=O)O)c2c1. The number of rotatable bonds is 12. The van der Waals surface area contributed by atoms with Crippen LogP contribution in [0.1, 0.15) is 46.3 Å². The molecule has 0 bridgehead atoms. The van der Waals surface area contributed by atoms with Crippen LogP contribution in [-0.4, -0.2) is 59.2 Å². The van der Waals surface area contributed by atoms with E-state index in [1.54, 1.807) is 25.2 Å². The second-order valence-electron chi connectivity index (χ2n) is 9.35. The molecule has 0 saturated heterocycles. The number of hydrogen-bond acceptors (Lipinski definition) is 6. The summed E-state index contributed by atoms with van der Waals surface area (Å²) in [5.41, 5.74) is 4.47. The van der Waals surface area contributed by atoms with Crippen LogP contribution in [0.5, 0.6) is 11.5 Å². The standard InChI is InChI=1S/C29H33N3O5S/c1-5-7-19-14-20(28-31-18(2)27(38-28)29(35)32(3)4)8-11-25(19)37-13-6-12-36-22-9-10-24-23(16-22)21(17-30-24)15-26(33)34/h8-11,14,16-17,30H,5-7,12-13,15H2,1-4H3,(H,33,34). The van der Waals surface area contributed by atoms with Gasteiger partial charge in [0.15, 0.2) is 0 Å². The van der Waals surface area contributed by atoms with E-state index in [4.69, 9.17) is 14.6 Å². The number of carboxylic acid groups (broad SMARTS) is 1. The Hall–Kier alpha value is -3.85. The summed E-state index contributed by atoms with van der Waals surface area (Å²) >= 11 is 1.42. The average Bonchev–Trinajstić information content (AvgIpc) is 3.46. The van der Waals surface area contributed by atoms with Crippen LogP contribution in [0.4, 0.5) is 0 Å². The maximum absolute atomic E-state index is 12.4. The van der Waals surface area contributed by atoms with Gasteiger partial charge in [-0.1, -0.05) is 13.3 Å². The number of carbonyl (C=O) groups is 2. The molecule has 4 aromatic rings. The number of aromatic nitrogens is 2. The molecule has 0 atom stereocenters. The number of hydrogen-bond donors (Lipinski definition) is 2. The molecule has 1 amide bonds. The third-order valence-electron chi connectivity index (χ3n) is 6.12. The Morgan fingerprint density at radius 3 is 2.61 bits per heavy atom. The van der Waals surface area contributed by atoms with E-state index < -0.39 is 5.97 Å². The molecular weight excluding hydrogens is 502 g/mol. The summed E-state index contributed by atoms with van der Waals surface area (Å²) in [5, 5.41) is 10.8. The van der Waals surface area contributed by atoms with E-state index in [2.05, 4.69) is 23.0 Å². The predicted octanol–water partition coefficient (Wildman–Crippen LogP) is 5.73. The molecule has 2 aromatic heterocycles. The Labute approximate surface area is 226 Å². The van der Waals surface area contributed by atoms with Gasteiger partial charge in [-0.05, 0) is 60.9 Å². The lowest BCUT2D eigenvalue weighted by Gasteiger charge is -2.13. The minimum absolute atomic E-state index is 0.0316. The van der Waals surface area contributed by atoms with Gasteiger partial charge < -0.3 is 24.5 Å². The van der Waals surface area contributed by atoms with Gasteiger partial charge in [-0.3, -0.25) is 9.59 Å². The third-order valence-corrected chi connectivity index (χ3v) is 7.31. The highest BCUT2D eigenvalue weighted by Gasteiger charge is 2.18. The molecule has 0 aliphatic heterocycles. The number of carbonyl (C=O) groups excluding carboxylic acids is 1. The Morgan fingerprint density at radius 1 is 1.08 bits per heavy atom. The van der Waals surface area contributed by atoms with Crippen molar-refractivity contribution < 1.29 is 24.2 Å². The van der Waals surface area contributed by atoms with Crippen LogP contribution in [0, 0.1) is 6.92 Å². The number of aliphatic carboxylic acids is 1. The van der Waals surface area contributed by atoms with Crippen LogP contribution < -0.4 is 9.47 Å². The first kappa shape index (κ1) is 27.2. The Kier molecular flexibility index (Phi) is 8.68. The van der Waals surface area contributed by atoms with Gasteiger partial charge in [0.25, 0.3) is 5.91 Å². The largest absolute Gasteiger partial charge is 0.493 e. The van der Waals surface area contributed by atoms with Crippen molar-refractivity contribution in [2.75, 3.05) is 27.3 Å². The van der Waals surface area contributed by atoms with Crippen molar-refractivity contribution in [3.63, 3.8) is 0 Å². The molecule has 38 heavy (non-hydrogen) atoms. The highest BCUT2D eigenvalue weighted by atomic mass is 32.1. The van der Waals surface area contributed by atoms with Crippen LogP contribution in [0.25, 0.3) is 21.5 Å². The van der Waals surface area contributed by atoms with Gasteiger partial charge in [0.05, 0.1) is 25.3 Å². The molecule has 2 N–H and O–H groups in total. The minimum Gasteiger partial charge on any atom is -0.493 e. The van der Waals surface area contributed by atoms with Crippen LogP contribution in [0.15, 0.2) is 42.6 Å². The molecular formula is C29H33N3O5S. The van der Waals surface area contributed by atoms with Gasteiger partial charge in [0, 0.05) is 43.2 Å². The third kappa shape index (κ3) is 6.34. The topological polar surface area (TPSA) is 105 Å². The summed E-state index contributed by atoms with van der Waals surface area (Å²) in [4.78, 5) is 33.5. The molecule has 0 saturated carbocycles. The van der Waals surface area contributed by atoms with Crippen molar-refractivity contribution in [2.24, 2.45) is 0 Å². The number of H-pyrrole nitrogens is 1. The summed E-state index contributed by atoms with van der Waals surface area (Å²) in [6.45, 7) is 4.99. The van der Waals surface area contributed by atoms with E-state index in [1.807, 2.05) is 37.3 Å². The lowest BCUT2D eigenvalue weighted by Crippen LogP contribution is -2.21. The molecule has 9 heteroatoms. The Bertz CT molecular complexity index is 1440. The number of amides is 1. The number of ether oxygens (including phenoxy) is 2. The fourth-order valence-corrected chi connectivity index (χ4v) is 5.31. The van der Waals surface area contributed by atoms with Gasteiger partial charge in [-0.2, -0.15) is 0 Å². The van der Waals surface area contributed by atoms with Crippen LogP contribution in [0.3, 0.4) is 0 Å². The molecule has 0 spiro atoms. The highest BCUT2D eigenvalue weighted by molar-refractivity contribution is 7.17. The van der Waals surface area contributed by atoms with Gasteiger partial charge in [0.1, 0.15) is 21.4 Å². The number of aromatic amines is 1. The molecule has 0 unspecified atom stereocenters. The fraction of sp³-hybridized carbons (Fsp3) is 0.345. The van der Waals surface area contributed by atoms with Crippen LogP contribution in [-0.2, 0) is 17.6 Å². The number of aryl methyl sites for hydroxylation is 2. The van der Waals surface area contributed by atoms with Crippen LogP contribution in [0.2, 0.25) is 0 Å². The number of benzene rings is 2. The maximum atomic E-state index is 12.4. The second-order valence-corrected chi connectivity index (χ2v) is 10.3. The number of thiazole rings is 1. The first-order chi connectivity index (χ1) is 18.3. The molecule has 0 fully saturated rings. The normalized spacial score (nSPS) is 11.1. The Balaban J connectivity index is 1.36. The van der Waals surface area contributed by atoms with E-state index in [-0.39, 0.29) is 12.3 Å². The van der Waals surface area contributed by atoms with Gasteiger partial charge in [0.2, 0.25) is 0 Å². The lowest BCUT2D eigenvalue weighted by atomic mass is 10.1. The monoisotopic (exact) mass is 535 g/mol. The molecule has 0 aliphatic rings. The van der Waals surface area contributed by atoms with E-state index in [1.165, 1.54) is 11.3 Å². The van der Waals surface area contributed by atoms with Crippen molar-refractivity contribution in [3.05, 3.63) is 64.3 Å². The second kappa shape index (κ2) is 12.1. The molecule has 8 nitrogen and oxygen atoms in total. The first-order valence-electron chi connectivity index (χ1n) is 12.7. The molecule has 2 heterocycles. The predicted molar refractivity (Wildman–Crippen MR) is 150 cm³/mol. The summed E-state index contributed by atoms with van der Waals surface area (Å²) < 4.78 is 12.0. The number of nitrogens with zero attached hydrogens (tertiary/aromatic N) is 2. The highest BCUT2D eigenvalue weighted by Crippen LogP contribution is 2.32. The van der Waals surface area contributed by atoms with Crippen molar-refractivity contribution in [1.82, 2.24) is 14.9 Å². The van der Waals surface area contributed by atoms with E-state index >= 15 is 0 Å². The zero-order valence-electron chi connectivity index (χ0n) is 22.2. The quantitative estimate of drug-likeness (QED) is 0.225. The summed E-state index contributed by atoms with van der Waals surface area (Å²) in [6.07, 6.45) is 4.25. The van der Waals surface area contributed by atoms with Gasteiger partial charge in [-0.25, -0.2) is 4.98 Å². The van der Waals surface area contributed by atoms with Crippen molar-refractivity contribution >= 4 is 34.1 Å². The molecule has 2 aromatic carbocycles. The summed E-state index contributed by atoms with van der Waals surface area (Å²) in [5.74, 6) is 0.651. The van der Waals surface area contributed by atoms with Crippen molar-refractivity contribution in [1.29, 1.82) is 0 Å². The van der Waals surface area contributed by atoms with Crippen molar-refractivity contribution in [3.8, 4) is 22.1 Å². The molecule has 4 rings (SSSR count). The van der Waals surface area contributed by atoms with E-state index in [0.29, 0.717) is 30.3 Å². The minimum atomic E-state index is -0.865. The average molecular weight is 536 g/mol. The molecule has 0 radical (unpaired) electrons. The van der Waals surface area contributed by atoms with Crippen molar-refractivity contribution in [2.45, 2.75) is 39.5 Å². The summed E-state index contributed by atoms with van der Waals surface area (Å²) in [6, 6.07) is 11.7. The zero-order chi connectivity index (χ0) is 27.2. The maximum Gasteiger partial charge on any atom is 0.307 e. The summed E-state index contributed by atoms with van der Waals surface area (Å²) in [7, 11) is 3.49. The molecule has 0 aliphatic carbocycles. The van der Waals surface area contributed by atoms with E-state index in [9.17, 15) is 9.59 Å². The number of carboxylic acids is 1. The van der Waals surface area contributed by atoms with Gasteiger partial charge in [-0.15, -0.1) is 11.3 Å². The number of nitrogens with one attached hydrogen (secondary N) is 1. The smallest absolute Gasteiger partial charge is 0.307 e. The zero-order valence-corrected chi connectivity index (χ0v) is 23.0.